The maximum atomic E-state index is 5.77. The first-order valence-corrected chi connectivity index (χ1v) is 7.38. The third-order valence-corrected chi connectivity index (χ3v) is 3.67. The molecule has 1 aromatic carbocycles. The molecule has 0 fully saturated rings. The molecule has 84 valence electrons. The van der Waals surface area contributed by atoms with Gasteiger partial charge >= 0.3 is 0 Å². The van der Waals surface area contributed by atoms with Crippen LogP contribution in [0, 0.1) is 5.92 Å². The summed E-state index contributed by atoms with van der Waals surface area (Å²) in [7, 11) is 0. The van der Waals surface area contributed by atoms with E-state index < -0.39 is 0 Å². The zero-order valence-electron chi connectivity index (χ0n) is 9.08. The largest absolute Gasteiger partial charge is 0.330 e. The molecule has 0 aliphatic heterocycles. The van der Waals surface area contributed by atoms with Crippen LogP contribution in [0.3, 0.4) is 0 Å². The first-order valence-electron chi connectivity index (χ1n) is 5.19. The molecular weight excluding hydrogens is 270 g/mol. The van der Waals surface area contributed by atoms with E-state index in [0.717, 1.165) is 17.4 Å². The van der Waals surface area contributed by atoms with Gasteiger partial charge in [0.1, 0.15) is 0 Å². The summed E-state index contributed by atoms with van der Waals surface area (Å²) in [6, 6.07) is 8.53. The average Bonchev–Trinajstić information content (AvgIpc) is 2.27. The smallest absolute Gasteiger partial charge is 0.0175 e. The van der Waals surface area contributed by atoms with Gasteiger partial charge in [-0.1, -0.05) is 28.1 Å². The van der Waals surface area contributed by atoms with Crippen molar-refractivity contribution in [2.75, 3.05) is 18.6 Å². The van der Waals surface area contributed by atoms with Crippen molar-refractivity contribution >= 4 is 27.7 Å². The highest BCUT2D eigenvalue weighted by molar-refractivity contribution is 9.10. The van der Waals surface area contributed by atoms with Gasteiger partial charge in [-0.2, -0.15) is 11.8 Å². The molecule has 0 radical (unpaired) electrons. The lowest BCUT2D eigenvalue weighted by molar-refractivity contribution is 0.523. The Morgan fingerprint density at radius 3 is 2.53 bits per heavy atom. The van der Waals surface area contributed by atoms with Crippen LogP contribution in [0.4, 0.5) is 0 Å². The molecule has 2 N–H and O–H groups in total. The SMILES string of the molecule is CSCCC(CN)Cc1ccc(Br)cc1. The third kappa shape index (κ3) is 5.05. The van der Waals surface area contributed by atoms with Crippen LogP contribution in [-0.4, -0.2) is 18.6 Å². The Balaban J connectivity index is 2.47. The Morgan fingerprint density at radius 1 is 1.33 bits per heavy atom. The van der Waals surface area contributed by atoms with Gasteiger partial charge < -0.3 is 5.73 Å². The zero-order valence-corrected chi connectivity index (χ0v) is 11.5. The van der Waals surface area contributed by atoms with E-state index in [0.29, 0.717) is 5.92 Å². The molecule has 1 rings (SSSR count). The highest BCUT2D eigenvalue weighted by atomic mass is 79.9. The normalized spacial score (nSPS) is 12.7. The molecule has 3 heteroatoms. The predicted molar refractivity (Wildman–Crippen MR) is 73.4 cm³/mol. The number of hydrogen-bond acceptors (Lipinski definition) is 2. The number of nitrogens with two attached hydrogens (primary N) is 1. The van der Waals surface area contributed by atoms with Gasteiger partial charge in [-0.15, -0.1) is 0 Å². The van der Waals surface area contributed by atoms with Gasteiger partial charge in [0.15, 0.2) is 0 Å². The summed E-state index contributed by atoms with van der Waals surface area (Å²) in [6.07, 6.45) is 4.46. The summed E-state index contributed by atoms with van der Waals surface area (Å²) in [5.74, 6) is 1.83. The molecule has 0 amide bonds. The van der Waals surface area contributed by atoms with Crippen LogP contribution in [0.15, 0.2) is 28.7 Å². The van der Waals surface area contributed by atoms with Crippen molar-refractivity contribution in [1.29, 1.82) is 0 Å². The maximum absolute atomic E-state index is 5.77. The number of rotatable bonds is 6. The number of benzene rings is 1. The highest BCUT2D eigenvalue weighted by Gasteiger charge is 2.07. The minimum absolute atomic E-state index is 0.624. The molecule has 1 nitrogen and oxygen atoms in total. The Bertz CT molecular complexity index is 273. The van der Waals surface area contributed by atoms with Crippen LogP contribution in [0.5, 0.6) is 0 Å². The molecule has 0 saturated carbocycles. The molecule has 1 unspecified atom stereocenters. The molecular formula is C12H18BrNS. The van der Waals surface area contributed by atoms with E-state index >= 15 is 0 Å². The lowest BCUT2D eigenvalue weighted by Crippen LogP contribution is -2.17. The van der Waals surface area contributed by atoms with Crippen LogP contribution in [0.25, 0.3) is 0 Å². The fraction of sp³-hybridized carbons (Fsp3) is 0.500. The van der Waals surface area contributed by atoms with Gasteiger partial charge in [0.05, 0.1) is 0 Å². The standard InChI is InChI=1S/C12H18BrNS/c1-15-7-6-11(9-14)8-10-2-4-12(13)5-3-10/h2-5,11H,6-9,14H2,1H3. The highest BCUT2D eigenvalue weighted by Crippen LogP contribution is 2.16. The lowest BCUT2D eigenvalue weighted by atomic mass is 9.97. The molecule has 0 bridgehead atoms. The summed E-state index contributed by atoms with van der Waals surface area (Å²) in [5, 5.41) is 0. The Labute approximate surface area is 105 Å². The molecule has 0 aromatic heterocycles. The van der Waals surface area contributed by atoms with Crippen molar-refractivity contribution in [2.45, 2.75) is 12.8 Å². The molecule has 1 aromatic rings. The summed E-state index contributed by atoms with van der Waals surface area (Å²) < 4.78 is 1.14. The lowest BCUT2D eigenvalue weighted by Gasteiger charge is -2.13. The zero-order chi connectivity index (χ0) is 11.1. The number of halogens is 1. The fourth-order valence-corrected chi connectivity index (χ4v) is 2.37. The van der Waals surface area contributed by atoms with Gasteiger partial charge in [-0.3, -0.25) is 0 Å². The Hall–Kier alpha value is 0.01000. The summed E-state index contributed by atoms with van der Waals surface area (Å²) in [4.78, 5) is 0. The molecule has 15 heavy (non-hydrogen) atoms. The van der Waals surface area contributed by atoms with Crippen molar-refractivity contribution in [3.05, 3.63) is 34.3 Å². The second-order valence-corrected chi connectivity index (χ2v) is 5.62. The first kappa shape index (κ1) is 13.1. The van der Waals surface area contributed by atoms with E-state index in [1.807, 2.05) is 11.8 Å². The van der Waals surface area contributed by atoms with Crippen molar-refractivity contribution in [3.63, 3.8) is 0 Å². The van der Waals surface area contributed by atoms with E-state index in [-0.39, 0.29) is 0 Å². The van der Waals surface area contributed by atoms with Crippen molar-refractivity contribution in [2.24, 2.45) is 11.7 Å². The predicted octanol–water partition coefficient (Wildman–Crippen LogP) is 3.32. The monoisotopic (exact) mass is 287 g/mol. The topological polar surface area (TPSA) is 26.0 Å². The van der Waals surface area contributed by atoms with Gasteiger partial charge in [-0.25, -0.2) is 0 Å². The van der Waals surface area contributed by atoms with Gasteiger partial charge in [-0.05, 0) is 55.0 Å². The quantitative estimate of drug-likeness (QED) is 0.869. The molecule has 0 heterocycles. The van der Waals surface area contributed by atoms with E-state index in [2.05, 4.69) is 46.5 Å². The number of thioether (sulfide) groups is 1. The molecule has 0 aliphatic rings. The van der Waals surface area contributed by atoms with E-state index in [4.69, 9.17) is 5.73 Å². The Morgan fingerprint density at radius 2 is 2.00 bits per heavy atom. The molecule has 0 aliphatic carbocycles. The van der Waals surface area contributed by atoms with E-state index in [1.165, 1.54) is 17.7 Å². The van der Waals surface area contributed by atoms with Crippen LogP contribution in [-0.2, 0) is 6.42 Å². The minimum Gasteiger partial charge on any atom is -0.330 e. The van der Waals surface area contributed by atoms with Gasteiger partial charge in [0.2, 0.25) is 0 Å². The maximum Gasteiger partial charge on any atom is 0.0175 e. The summed E-state index contributed by atoms with van der Waals surface area (Å²) >= 11 is 5.34. The summed E-state index contributed by atoms with van der Waals surface area (Å²) in [5.41, 5.74) is 7.16. The van der Waals surface area contributed by atoms with E-state index in [9.17, 15) is 0 Å². The van der Waals surface area contributed by atoms with Crippen LogP contribution in [0.1, 0.15) is 12.0 Å². The molecule has 1 atom stereocenters. The molecule has 0 spiro atoms. The van der Waals surface area contributed by atoms with Crippen molar-refractivity contribution < 1.29 is 0 Å². The second-order valence-electron chi connectivity index (χ2n) is 3.71. The van der Waals surface area contributed by atoms with Gasteiger partial charge in [0.25, 0.3) is 0 Å². The van der Waals surface area contributed by atoms with E-state index in [1.54, 1.807) is 0 Å². The second kappa shape index (κ2) is 7.31. The molecule has 0 saturated heterocycles. The van der Waals surface area contributed by atoms with Gasteiger partial charge in [0, 0.05) is 4.47 Å². The van der Waals surface area contributed by atoms with Crippen molar-refractivity contribution in [1.82, 2.24) is 0 Å². The first-order chi connectivity index (χ1) is 7.26. The summed E-state index contributed by atoms with van der Waals surface area (Å²) in [6.45, 7) is 0.788. The van der Waals surface area contributed by atoms with Crippen LogP contribution in [0.2, 0.25) is 0 Å². The average molecular weight is 288 g/mol. The fourth-order valence-electron chi connectivity index (χ4n) is 1.54. The Kier molecular flexibility index (Phi) is 6.37. The number of hydrogen-bond donors (Lipinski definition) is 1. The third-order valence-electron chi connectivity index (χ3n) is 2.50. The van der Waals surface area contributed by atoms with Crippen LogP contribution >= 0.6 is 27.7 Å². The minimum atomic E-state index is 0.624. The van der Waals surface area contributed by atoms with Crippen molar-refractivity contribution in [3.8, 4) is 0 Å². The van der Waals surface area contributed by atoms with Crippen LogP contribution < -0.4 is 5.73 Å².